The van der Waals surface area contributed by atoms with Gasteiger partial charge in [-0.1, -0.05) is 0 Å². The number of hydrogen-bond donors (Lipinski definition) is 2. The number of nitrogens with one attached hydrogen (secondary N) is 2. The minimum absolute atomic E-state index is 0.0953. The lowest BCUT2D eigenvalue weighted by molar-refractivity contribution is 0.0523. The minimum atomic E-state index is -0.559. The zero-order chi connectivity index (χ0) is 12.2. The van der Waals surface area contributed by atoms with Gasteiger partial charge in [-0.2, -0.15) is 0 Å². The van der Waals surface area contributed by atoms with Crippen LogP contribution in [-0.4, -0.2) is 21.7 Å². The summed E-state index contributed by atoms with van der Waals surface area (Å²) in [5.74, 6) is 0. The SMILES string of the molecule is CC(C)(C)OC(=O)NCc1cnc[nH]c1=O. The fourth-order valence-corrected chi connectivity index (χ4v) is 0.982. The van der Waals surface area contributed by atoms with Crippen molar-refractivity contribution in [2.24, 2.45) is 0 Å². The Hall–Kier alpha value is -1.85. The van der Waals surface area contributed by atoms with E-state index in [2.05, 4.69) is 15.3 Å². The van der Waals surface area contributed by atoms with Crippen molar-refractivity contribution in [2.45, 2.75) is 32.9 Å². The Morgan fingerprint density at radius 2 is 2.25 bits per heavy atom. The monoisotopic (exact) mass is 225 g/mol. The summed E-state index contributed by atoms with van der Waals surface area (Å²) in [6, 6.07) is 0. The van der Waals surface area contributed by atoms with Crippen LogP contribution in [0.25, 0.3) is 0 Å². The Balaban J connectivity index is 2.50. The maximum atomic E-state index is 11.3. The van der Waals surface area contributed by atoms with Gasteiger partial charge in [0, 0.05) is 6.20 Å². The van der Waals surface area contributed by atoms with Crippen LogP contribution >= 0.6 is 0 Å². The van der Waals surface area contributed by atoms with E-state index in [1.165, 1.54) is 12.5 Å². The molecule has 0 unspecified atom stereocenters. The van der Waals surface area contributed by atoms with Crippen LogP contribution < -0.4 is 10.9 Å². The van der Waals surface area contributed by atoms with Crippen molar-refractivity contribution in [3.63, 3.8) is 0 Å². The molecule has 6 nitrogen and oxygen atoms in total. The molecule has 0 saturated heterocycles. The van der Waals surface area contributed by atoms with Gasteiger partial charge < -0.3 is 15.0 Å². The highest BCUT2D eigenvalue weighted by Crippen LogP contribution is 2.06. The lowest BCUT2D eigenvalue weighted by atomic mass is 10.2. The number of aromatic amines is 1. The Morgan fingerprint density at radius 1 is 1.56 bits per heavy atom. The molecule has 0 spiro atoms. The molecular weight excluding hydrogens is 210 g/mol. The highest BCUT2D eigenvalue weighted by molar-refractivity contribution is 5.67. The van der Waals surface area contributed by atoms with Gasteiger partial charge in [-0.3, -0.25) is 4.79 Å². The summed E-state index contributed by atoms with van der Waals surface area (Å²) in [7, 11) is 0. The number of aromatic nitrogens is 2. The van der Waals surface area contributed by atoms with Crippen LogP contribution in [0.3, 0.4) is 0 Å². The van der Waals surface area contributed by atoms with E-state index in [1.54, 1.807) is 20.8 Å². The average molecular weight is 225 g/mol. The molecule has 0 aliphatic heterocycles. The third-order valence-corrected chi connectivity index (χ3v) is 1.61. The molecule has 1 aromatic heterocycles. The summed E-state index contributed by atoms with van der Waals surface area (Å²) in [6.45, 7) is 5.40. The number of amides is 1. The first-order valence-electron chi connectivity index (χ1n) is 4.87. The topological polar surface area (TPSA) is 84.1 Å². The van der Waals surface area contributed by atoms with E-state index >= 15 is 0 Å². The van der Waals surface area contributed by atoms with E-state index in [1.807, 2.05) is 0 Å². The second kappa shape index (κ2) is 4.78. The molecule has 0 saturated carbocycles. The van der Waals surface area contributed by atoms with Gasteiger partial charge in [0.25, 0.3) is 5.56 Å². The maximum Gasteiger partial charge on any atom is 0.407 e. The van der Waals surface area contributed by atoms with Crippen LogP contribution in [0.5, 0.6) is 0 Å². The minimum Gasteiger partial charge on any atom is -0.444 e. The molecule has 0 fully saturated rings. The van der Waals surface area contributed by atoms with E-state index in [0.29, 0.717) is 5.56 Å². The summed E-state index contributed by atoms with van der Waals surface area (Å²) >= 11 is 0. The molecule has 6 heteroatoms. The molecule has 0 bridgehead atoms. The number of carbonyl (C=O) groups excluding carboxylic acids is 1. The fraction of sp³-hybridized carbons (Fsp3) is 0.500. The van der Waals surface area contributed by atoms with Crippen molar-refractivity contribution >= 4 is 6.09 Å². The van der Waals surface area contributed by atoms with Crippen LogP contribution in [0.4, 0.5) is 4.79 Å². The molecule has 1 aromatic rings. The quantitative estimate of drug-likeness (QED) is 0.779. The van der Waals surface area contributed by atoms with Gasteiger partial charge in [-0.05, 0) is 20.8 Å². The largest absolute Gasteiger partial charge is 0.444 e. The third-order valence-electron chi connectivity index (χ3n) is 1.61. The van der Waals surface area contributed by atoms with E-state index in [9.17, 15) is 9.59 Å². The third kappa shape index (κ3) is 4.12. The van der Waals surface area contributed by atoms with Crippen LogP contribution in [0.2, 0.25) is 0 Å². The predicted molar refractivity (Wildman–Crippen MR) is 57.9 cm³/mol. The van der Waals surface area contributed by atoms with E-state index in [-0.39, 0.29) is 12.1 Å². The molecular formula is C10H15N3O3. The first-order chi connectivity index (χ1) is 7.38. The summed E-state index contributed by atoms with van der Waals surface area (Å²) in [4.78, 5) is 28.7. The molecule has 1 amide bonds. The molecule has 1 heterocycles. The number of rotatable bonds is 2. The molecule has 0 aliphatic rings. The van der Waals surface area contributed by atoms with Gasteiger partial charge in [0.2, 0.25) is 0 Å². The average Bonchev–Trinajstić information content (AvgIpc) is 2.14. The number of ether oxygens (including phenoxy) is 1. The predicted octanol–water partition coefficient (Wildman–Crippen LogP) is 0.795. The number of hydrogen-bond acceptors (Lipinski definition) is 4. The first kappa shape index (κ1) is 12.2. The second-order valence-electron chi connectivity index (χ2n) is 4.26. The van der Waals surface area contributed by atoms with Gasteiger partial charge in [0.05, 0.1) is 18.4 Å². The van der Waals surface area contributed by atoms with Gasteiger partial charge in [0.1, 0.15) is 5.60 Å². The normalized spacial score (nSPS) is 10.9. The van der Waals surface area contributed by atoms with Gasteiger partial charge in [-0.25, -0.2) is 9.78 Å². The summed E-state index contributed by atoms with van der Waals surface area (Å²) in [6.07, 6.45) is 2.13. The standard InChI is InChI=1S/C10H15N3O3/c1-10(2,3)16-9(15)12-5-7-4-11-6-13-8(7)14/h4,6H,5H2,1-3H3,(H,12,15)(H,11,13,14). The first-order valence-corrected chi connectivity index (χ1v) is 4.87. The van der Waals surface area contributed by atoms with Crippen LogP contribution in [0.15, 0.2) is 17.3 Å². The number of alkyl carbamates (subject to hydrolysis) is 1. The van der Waals surface area contributed by atoms with Crippen molar-refractivity contribution in [2.75, 3.05) is 0 Å². The Kier molecular flexibility index (Phi) is 3.65. The van der Waals surface area contributed by atoms with Crippen molar-refractivity contribution in [1.29, 1.82) is 0 Å². The van der Waals surface area contributed by atoms with Crippen LogP contribution in [-0.2, 0) is 11.3 Å². The van der Waals surface area contributed by atoms with Crippen LogP contribution in [0.1, 0.15) is 26.3 Å². The highest BCUT2D eigenvalue weighted by Gasteiger charge is 2.15. The summed E-state index contributed by atoms with van der Waals surface area (Å²) in [5, 5.41) is 2.48. The number of carbonyl (C=O) groups is 1. The van der Waals surface area contributed by atoms with E-state index in [0.717, 1.165) is 0 Å². The van der Waals surface area contributed by atoms with Crippen molar-refractivity contribution < 1.29 is 9.53 Å². The molecule has 1 rings (SSSR count). The highest BCUT2D eigenvalue weighted by atomic mass is 16.6. The number of H-pyrrole nitrogens is 1. The molecule has 0 aromatic carbocycles. The summed E-state index contributed by atoms with van der Waals surface area (Å²) in [5.41, 5.74) is -0.440. The zero-order valence-corrected chi connectivity index (χ0v) is 9.53. The Morgan fingerprint density at radius 3 is 2.81 bits per heavy atom. The molecule has 0 atom stereocenters. The smallest absolute Gasteiger partial charge is 0.407 e. The lowest BCUT2D eigenvalue weighted by Gasteiger charge is -2.19. The van der Waals surface area contributed by atoms with Crippen molar-refractivity contribution in [1.82, 2.24) is 15.3 Å². The van der Waals surface area contributed by atoms with Crippen molar-refractivity contribution in [3.05, 3.63) is 28.4 Å². The fourth-order valence-electron chi connectivity index (χ4n) is 0.982. The molecule has 16 heavy (non-hydrogen) atoms. The van der Waals surface area contributed by atoms with Gasteiger partial charge in [-0.15, -0.1) is 0 Å². The van der Waals surface area contributed by atoms with E-state index < -0.39 is 11.7 Å². The number of nitrogens with zero attached hydrogens (tertiary/aromatic N) is 1. The maximum absolute atomic E-state index is 11.3. The van der Waals surface area contributed by atoms with E-state index in [4.69, 9.17) is 4.74 Å². The molecule has 2 N–H and O–H groups in total. The Labute approximate surface area is 93.0 Å². The van der Waals surface area contributed by atoms with Gasteiger partial charge in [0.15, 0.2) is 0 Å². The summed E-state index contributed by atoms with van der Waals surface area (Å²) < 4.78 is 5.02. The van der Waals surface area contributed by atoms with Crippen molar-refractivity contribution in [3.8, 4) is 0 Å². The Bertz CT molecular complexity index is 420. The molecule has 0 radical (unpaired) electrons. The van der Waals surface area contributed by atoms with Gasteiger partial charge >= 0.3 is 6.09 Å². The van der Waals surface area contributed by atoms with Crippen LogP contribution in [0, 0.1) is 0 Å². The molecule has 88 valence electrons. The molecule has 0 aliphatic carbocycles. The zero-order valence-electron chi connectivity index (χ0n) is 9.53. The lowest BCUT2D eigenvalue weighted by Crippen LogP contribution is -2.33. The second-order valence-corrected chi connectivity index (χ2v) is 4.26.